The van der Waals surface area contributed by atoms with Gasteiger partial charge in [0.15, 0.2) is 12.6 Å². The Hall–Kier alpha value is -0.440. The molecule has 0 aromatic heterocycles. The van der Waals surface area contributed by atoms with E-state index in [1.54, 1.807) is 6.92 Å². The molecular formula is C25H50O11. The van der Waals surface area contributed by atoms with Crippen LogP contribution in [0.5, 0.6) is 0 Å². The minimum atomic E-state index is -1.79. The van der Waals surface area contributed by atoms with Crippen LogP contribution in [0.2, 0.25) is 0 Å². The van der Waals surface area contributed by atoms with Crippen molar-refractivity contribution in [1.82, 2.24) is 0 Å². The van der Waals surface area contributed by atoms with Crippen LogP contribution in [0.4, 0.5) is 0 Å². The van der Waals surface area contributed by atoms with Crippen LogP contribution in [0.15, 0.2) is 0 Å². The van der Waals surface area contributed by atoms with Crippen molar-refractivity contribution in [2.24, 2.45) is 0 Å². The van der Waals surface area contributed by atoms with Gasteiger partial charge in [-0.05, 0) is 19.8 Å². The number of hydrogen-bond donors (Lipinski definition) is 8. The molecule has 0 aromatic rings. The molecule has 11 nitrogen and oxygen atoms in total. The van der Waals surface area contributed by atoms with E-state index in [2.05, 4.69) is 6.92 Å². The molecule has 1 aliphatic rings. The molecule has 10 atom stereocenters. The summed E-state index contributed by atoms with van der Waals surface area (Å²) in [6, 6.07) is 0. The smallest absolute Gasteiger partial charge is 0.187 e. The van der Waals surface area contributed by atoms with Gasteiger partial charge in [0.05, 0.1) is 18.8 Å². The van der Waals surface area contributed by atoms with Crippen molar-refractivity contribution >= 4 is 0 Å². The average molecular weight is 527 g/mol. The molecule has 0 amide bonds. The van der Waals surface area contributed by atoms with E-state index in [0.29, 0.717) is 6.42 Å². The molecule has 10 unspecified atom stereocenters. The van der Waals surface area contributed by atoms with Gasteiger partial charge in [0.1, 0.15) is 36.6 Å². The van der Waals surface area contributed by atoms with Crippen LogP contribution < -0.4 is 0 Å². The first-order valence-corrected chi connectivity index (χ1v) is 13.4. The largest absolute Gasteiger partial charge is 0.396 e. The highest BCUT2D eigenvalue weighted by molar-refractivity contribution is 4.90. The van der Waals surface area contributed by atoms with E-state index in [1.165, 1.54) is 38.5 Å². The predicted molar refractivity (Wildman–Crippen MR) is 131 cm³/mol. The Balaban J connectivity index is 2.47. The Morgan fingerprint density at radius 1 is 0.750 bits per heavy atom. The number of unbranched alkanes of at least 4 members (excludes halogenated alkanes) is 8. The van der Waals surface area contributed by atoms with Gasteiger partial charge in [-0.3, -0.25) is 0 Å². The predicted octanol–water partition coefficient (Wildman–Crippen LogP) is -0.0799. The summed E-state index contributed by atoms with van der Waals surface area (Å²) in [5.74, 6) is 0. The minimum Gasteiger partial charge on any atom is -0.396 e. The van der Waals surface area contributed by atoms with Gasteiger partial charge in [-0.1, -0.05) is 64.7 Å². The zero-order valence-corrected chi connectivity index (χ0v) is 21.8. The lowest BCUT2D eigenvalue weighted by Crippen LogP contribution is -2.60. The maximum Gasteiger partial charge on any atom is 0.187 e. The van der Waals surface area contributed by atoms with E-state index in [4.69, 9.17) is 14.2 Å². The van der Waals surface area contributed by atoms with E-state index < -0.39 is 68.5 Å². The van der Waals surface area contributed by atoms with Gasteiger partial charge < -0.3 is 55.1 Å². The third kappa shape index (κ3) is 11.5. The zero-order chi connectivity index (χ0) is 27.1. The fourth-order valence-electron chi connectivity index (χ4n) is 4.32. The summed E-state index contributed by atoms with van der Waals surface area (Å²) in [5, 5.41) is 79.9. The van der Waals surface area contributed by atoms with Gasteiger partial charge in [0.25, 0.3) is 0 Å². The van der Waals surface area contributed by atoms with Crippen molar-refractivity contribution in [3.8, 4) is 0 Å². The normalized spacial score (nSPS) is 29.0. The van der Waals surface area contributed by atoms with Gasteiger partial charge in [-0.2, -0.15) is 0 Å². The third-order valence-electron chi connectivity index (χ3n) is 6.68. The highest BCUT2D eigenvalue weighted by Gasteiger charge is 2.46. The van der Waals surface area contributed by atoms with Crippen molar-refractivity contribution in [2.45, 2.75) is 146 Å². The molecule has 1 fully saturated rings. The monoisotopic (exact) mass is 526 g/mol. The second kappa shape index (κ2) is 18.8. The van der Waals surface area contributed by atoms with Crippen molar-refractivity contribution in [3.05, 3.63) is 0 Å². The standard InChI is InChI=1S/C25H50O11/c1-3-4-5-6-7-8-9-10-11-12-16(2)34-24(33)22(31)19(28)17(13-14-26)35-25-23(32)21(30)20(29)18(15-27)36-25/h16-33H,3-15H2,1-2H3. The lowest BCUT2D eigenvalue weighted by atomic mass is 9.98. The second-order valence-corrected chi connectivity index (χ2v) is 9.82. The van der Waals surface area contributed by atoms with Gasteiger partial charge in [0, 0.05) is 6.61 Å². The number of rotatable bonds is 20. The fourth-order valence-corrected chi connectivity index (χ4v) is 4.32. The summed E-state index contributed by atoms with van der Waals surface area (Å²) in [6.07, 6.45) is -3.60. The van der Waals surface area contributed by atoms with Crippen molar-refractivity contribution in [3.63, 3.8) is 0 Å². The van der Waals surface area contributed by atoms with Gasteiger partial charge in [-0.25, -0.2) is 0 Å². The Morgan fingerprint density at radius 3 is 1.89 bits per heavy atom. The van der Waals surface area contributed by atoms with Crippen LogP contribution >= 0.6 is 0 Å². The SMILES string of the molecule is CCCCCCCCCCCC(C)OC(O)C(O)C(O)C(CCO)OC1OC(CO)C(O)C(O)C1O. The first-order chi connectivity index (χ1) is 17.2. The van der Waals surface area contributed by atoms with Crippen LogP contribution in [0.1, 0.15) is 84.5 Å². The summed E-state index contributed by atoms with van der Waals surface area (Å²) in [7, 11) is 0. The van der Waals surface area contributed by atoms with E-state index >= 15 is 0 Å². The van der Waals surface area contributed by atoms with Crippen molar-refractivity contribution in [2.75, 3.05) is 13.2 Å². The molecular weight excluding hydrogens is 476 g/mol. The van der Waals surface area contributed by atoms with Gasteiger partial charge in [-0.15, -0.1) is 0 Å². The molecule has 1 aliphatic heterocycles. The number of hydrogen-bond acceptors (Lipinski definition) is 11. The summed E-state index contributed by atoms with van der Waals surface area (Å²) >= 11 is 0. The molecule has 1 heterocycles. The molecule has 0 bridgehead atoms. The fraction of sp³-hybridized carbons (Fsp3) is 1.00. The molecule has 1 saturated heterocycles. The summed E-state index contributed by atoms with van der Waals surface area (Å²) in [6.45, 7) is 2.84. The molecule has 0 saturated carbocycles. The highest BCUT2D eigenvalue weighted by Crippen LogP contribution is 2.25. The Morgan fingerprint density at radius 2 is 1.33 bits per heavy atom. The average Bonchev–Trinajstić information content (AvgIpc) is 2.86. The van der Waals surface area contributed by atoms with E-state index in [0.717, 1.165) is 19.3 Å². The van der Waals surface area contributed by atoms with Crippen LogP contribution in [0, 0.1) is 0 Å². The van der Waals surface area contributed by atoms with E-state index in [-0.39, 0.29) is 12.5 Å². The molecule has 0 spiro atoms. The van der Waals surface area contributed by atoms with Crippen LogP contribution in [0.25, 0.3) is 0 Å². The first-order valence-electron chi connectivity index (χ1n) is 13.4. The van der Waals surface area contributed by atoms with Crippen LogP contribution in [0.3, 0.4) is 0 Å². The van der Waals surface area contributed by atoms with Crippen LogP contribution in [-0.4, -0.2) is 115 Å². The lowest BCUT2D eigenvalue weighted by Gasteiger charge is -2.41. The number of aliphatic hydroxyl groups excluding tert-OH is 8. The van der Waals surface area contributed by atoms with Crippen molar-refractivity contribution in [1.29, 1.82) is 0 Å². The molecule has 216 valence electrons. The van der Waals surface area contributed by atoms with E-state index in [9.17, 15) is 40.9 Å². The van der Waals surface area contributed by atoms with E-state index in [1.807, 2.05) is 0 Å². The molecule has 1 rings (SSSR count). The third-order valence-corrected chi connectivity index (χ3v) is 6.68. The number of aliphatic hydroxyl groups is 8. The van der Waals surface area contributed by atoms with Gasteiger partial charge in [0.2, 0.25) is 0 Å². The molecule has 8 N–H and O–H groups in total. The Kier molecular flexibility index (Phi) is 17.5. The molecule has 0 aliphatic carbocycles. The highest BCUT2D eigenvalue weighted by atomic mass is 16.7. The second-order valence-electron chi connectivity index (χ2n) is 9.82. The molecule has 0 radical (unpaired) electrons. The summed E-state index contributed by atoms with van der Waals surface area (Å²) in [4.78, 5) is 0. The van der Waals surface area contributed by atoms with Gasteiger partial charge >= 0.3 is 0 Å². The first kappa shape index (κ1) is 33.6. The topological polar surface area (TPSA) is 190 Å². The zero-order valence-electron chi connectivity index (χ0n) is 21.8. The summed E-state index contributed by atoms with van der Waals surface area (Å²) in [5.41, 5.74) is 0. The molecule has 36 heavy (non-hydrogen) atoms. The quantitative estimate of drug-likeness (QED) is 0.0782. The minimum absolute atomic E-state index is 0.200. The molecule has 11 heteroatoms. The van der Waals surface area contributed by atoms with Crippen LogP contribution in [-0.2, 0) is 14.2 Å². The van der Waals surface area contributed by atoms with Crippen molar-refractivity contribution < 1.29 is 55.1 Å². The Bertz CT molecular complexity index is 538. The molecule has 0 aromatic carbocycles. The lowest BCUT2D eigenvalue weighted by molar-refractivity contribution is -0.323. The maximum absolute atomic E-state index is 10.6. The Labute approximate surface area is 214 Å². The summed E-state index contributed by atoms with van der Waals surface area (Å²) < 4.78 is 16.2. The maximum atomic E-state index is 10.6. The number of ether oxygens (including phenoxy) is 3.